The van der Waals surface area contributed by atoms with E-state index in [9.17, 15) is 4.79 Å². The van der Waals surface area contributed by atoms with Crippen LogP contribution >= 0.6 is 11.6 Å². The Balaban J connectivity index is 1.26. The average Bonchev–Trinajstić information content (AvgIpc) is 3.17. The van der Waals surface area contributed by atoms with Crippen LogP contribution in [0.25, 0.3) is 5.69 Å². The third-order valence-corrected chi connectivity index (χ3v) is 5.50. The van der Waals surface area contributed by atoms with Gasteiger partial charge in [-0.05, 0) is 43.3 Å². The molecule has 0 aliphatic carbocycles. The number of carbonyl (C=O) groups excluding carboxylic acids is 1. The van der Waals surface area contributed by atoms with Crippen molar-refractivity contribution in [1.82, 2.24) is 25.0 Å². The van der Waals surface area contributed by atoms with Crippen LogP contribution in [0.2, 0.25) is 5.02 Å². The van der Waals surface area contributed by atoms with Gasteiger partial charge < -0.3 is 10.2 Å². The second-order valence-corrected chi connectivity index (χ2v) is 7.73. The van der Waals surface area contributed by atoms with E-state index < -0.39 is 0 Å². The highest BCUT2D eigenvalue weighted by atomic mass is 35.5. The van der Waals surface area contributed by atoms with Gasteiger partial charge in [-0.25, -0.2) is 9.67 Å². The van der Waals surface area contributed by atoms with E-state index in [4.69, 9.17) is 11.6 Å². The van der Waals surface area contributed by atoms with Crippen molar-refractivity contribution in [1.29, 1.82) is 0 Å². The fourth-order valence-electron chi connectivity index (χ4n) is 3.59. The molecule has 0 unspecified atom stereocenters. The molecule has 1 fully saturated rings. The number of aryl methyl sites for hydroxylation is 1. The van der Waals surface area contributed by atoms with Crippen LogP contribution in [0.4, 0.5) is 5.69 Å². The molecule has 156 valence electrons. The first-order valence-corrected chi connectivity index (χ1v) is 10.5. The zero-order valence-electron chi connectivity index (χ0n) is 17.0. The van der Waals surface area contributed by atoms with Crippen molar-refractivity contribution in [2.24, 2.45) is 0 Å². The van der Waals surface area contributed by atoms with E-state index in [1.165, 1.54) is 5.69 Å². The number of hydrogen-bond donors (Lipinski definition) is 1. The van der Waals surface area contributed by atoms with E-state index in [1.54, 1.807) is 16.8 Å². The summed E-state index contributed by atoms with van der Waals surface area (Å²) >= 11 is 5.94. The molecule has 0 atom stereocenters. The number of anilines is 1. The van der Waals surface area contributed by atoms with Gasteiger partial charge in [0.1, 0.15) is 5.82 Å². The molecule has 30 heavy (non-hydrogen) atoms. The number of halogens is 1. The smallest absolute Gasteiger partial charge is 0.291 e. The zero-order valence-corrected chi connectivity index (χ0v) is 17.7. The van der Waals surface area contributed by atoms with E-state index >= 15 is 0 Å². The number of rotatable bonds is 6. The molecule has 1 amide bonds. The number of piperazine rings is 1. The predicted octanol–water partition coefficient (Wildman–Crippen LogP) is 2.78. The van der Waals surface area contributed by atoms with E-state index in [0.29, 0.717) is 17.4 Å². The first-order chi connectivity index (χ1) is 14.6. The van der Waals surface area contributed by atoms with Crippen LogP contribution < -0.4 is 10.2 Å². The number of amides is 1. The van der Waals surface area contributed by atoms with Gasteiger partial charge in [0.25, 0.3) is 5.91 Å². The van der Waals surface area contributed by atoms with Crippen LogP contribution in [-0.2, 0) is 0 Å². The Hall–Kier alpha value is -2.90. The van der Waals surface area contributed by atoms with E-state index in [0.717, 1.165) is 38.4 Å². The highest BCUT2D eigenvalue weighted by Crippen LogP contribution is 2.16. The molecule has 1 saturated heterocycles. The Morgan fingerprint density at radius 3 is 2.40 bits per heavy atom. The lowest BCUT2D eigenvalue weighted by Gasteiger charge is -2.36. The van der Waals surface area contributed by atoms with Gasteiger partial charge in [-0.15, -0.1) is 5.10 Å². The molecule has 2 aromatic carbocycles. The molecular formula is C22H25ClN6O. The quantitative estimate of drug-likeness (QED) is 0.659. The molecule has 1 N–H and O–H groups in total. The minimum absolute atomic E-state index is 0.177. The summed E-state index contributed by atoms with van der Waals surface area (Å²) in [6, 6.07) is 17.7. The van der Waals surface area contributed by atoms with Gasteiger partial charge >= 0.3 is 0 Å². The number of benzene rings is 2. The zero-order chi connectivity index (χ0) is 20.9. The van der Waals surface area contributed by atoms with Crippen molar-refractivity contribution >= 4 is 23.2 Å². The molecule has 0 spiro atoms. The second-order valence-electron chi connectivity index (χ2n) is 7.29. The van der Waals surface area contributed by atoms with E-state index in [2.05, 4.69) is 49.5 Å². The van der Waals surface area contributed by atoms with Crippen molar-refractivity contribution in [3.63, 3.8) is 0 Å². The molecule has 1 aliphatic rings. The maximum absolute atomic E-state index is 12.5. The summed E-state index contributed by atoms with van der Waals surface area (Å²) in [4.78, 5) is 21.5. The minimum atomic E-state index is -0.256. The van der Waals surface area contributed by atoms with Crippen molar-refractivity contribution in [2.75, 3.05) is 44.2 Å². The summed E-state index contributed by atoms with van der Waals surface area (Å²) in [5, 5.41) is 7.94. The van der Waals surface area contributed by atoms with Crippen LogP contribution in [0.5, 0.6) is 0 Å². The molecule has 1 aromatic heterocycles. The number of para-hydroxylation sites is 1. The van der Waals surface area contributed by atoms with Gasteiger partial charge in [-0.3, -0.25) is 9.69 Å². The topological polar surface area (TPSA) is 66.3 Å². The van der Waals surface area contributed by atoms with Gasteiger partial charge in [0, 0.05) is 50.0 Å². The lowest BCUT2D eigenvalue weighted by Crippen LogP contribution is -2.48. The number of hydrogen-bond acceptors (Lipinski definition) is 5. The largest absolute Gasteiger partial charge is 0.369 e. The fraction of sp³-hybridized carbons (Fsp3) is 0.318. The normalized spacial score (nSPS) is 14.7. The molecule has 8 heteroatoms. The summed E-state index contributed by atoms with van der Waals surface area (Å²) in [6.45, 7) is 7.14. The van der Waals surface area contributed by atoms with Crippen molar-refractivity contribution < 1.29 is 4.79 Å². The van der Waals surface area contributed by atoms with Crippen LogP contribution in [0.1, 0.15) is 16.4 Å². The summed E-state index contributed by atoms with van der Waals surface area (Å²) in [5.41, 5.74) is 2.09. The van der Waals surface area contributed by atoms with E-state index in [1.807, 2.05) is 25.1 Å². The molecule has 7 nitrogen and oxygen atoms in total. The highest BCUT2D eigenvalue weighted by molar-refractivity contribution is 6.30. The van der Waals surface area contributed by atoms with Crippen LogP contribution in [0, 0.1) is 6.92 Å². The summed E-state index contributed by atoms with van der Waals surface area (Å²) in [7, 11) is 0. The number of nitrogens with zero attached hydrogens (tertiary/aromatic N) is 5. The Morgan fingerprint density at radius 2 is 1.70 bits per heavy atom. The van der Waals surface area contributed by atoms with Crippen LogP contribution in [0.15, 0.2) is 54.6 Å². The van der Waals surface area contributed by atoms with Crippen molar-refractivity contribution in [2.45, 2.75) is 6.92 Å². The molecule has 3 aromatic rings. The number of carbonyl (C=O) groups is 1. The Bertz CT molecular complexity index is 981. The third-order valence-electron chi connectivity index (χ3n) is 5.25. The van der Waals surface area contributed by atoms with Crippen molar-refractivity contribution in [3.05, 3.63) is 71.3 Å². The molecular weight excluding hydrogens is 400 g/mol. The molecule has 0 saturated carbocycles. The first kappa shape index (κ1) is 20.4. The summed E-state index contributed by atoms with van der Waals surface area (Å²) in [6.07, 6.45) is 0. The monoisotopic (exact) mass is 424 g/mol. The lowest BCUT2D eigenvalue weighted by atomic mass is 10.2. The maximum Gasteiger partial charge on any atom is 0.291 e. The van der Waals surface area contributed by atoms with Gasteiger partial charge in [-0.2, -0.15) is 0 Å². The predicted molar refractivity (Wildman–Crippen MR) is 119 cm³/mol. The maximum atomic E-state index is 12.5. The number of nitrogens with one attached hydrogen (secondary N) is 1. The van der Waals surface area contributed by atoms with Gasteiger partial charge in [0.2, 0.25) is 5.82 Å². The lowest BCUT2D eigenvalue weighted by molar-refractivity contribution is 0.0937. The molecule has 4 rings (SSSR count). The third kappa shape index (κ3) is 4.80. The van der Waals surface area contributed by atoms with Gasteiger partial charge in [0.05, 0.1) is 5.69 Å². The Labute approximate surface area is 181 Å². The summed E-state index contributed by atoms with van der Waals surface area (Å²) in [5.74, 6) is 0.574. The first-order valence-electron chi connectivity index (χ1n) is 10.1. The Morgan fingerprint density at radius 1 is 1.00 bits per heavy atom. The van der Waals surface area contributed by atoms with E-state index in [-0.39, 0.29) is 11.7 Å². The fourth-order valence-corrected chi connectivity index (χ4v) is 3.71. The number of aromatic nitrogens is 3. The van der Waals surface area contributed by atoms with Gasteiger partial charge in [-0.1, -0.05) is 29.8 Å². The van der Waals surface area contributed by atoms with Crippen molar-refractivity contribution in [3.8, 4) is 5.69 Å². The molecule has 0 radical (unpaired) electrons. The minimum Gasteiger partial charge on any atom is -0.369 e. The SMILES string of the molecule is Cc1nc(C(=O)NCCN2CCN(c3ccccc3)CC2)nn1-c1ccc(Cl)cc1. The highest BCUT2D eigenvalue weighted by Gasteiger charge is 2.18. The average molecular weight is 425 g/mol. The molecule has 1 aliphatic heterocycles. The standard InChI is InChI=1S/C22H25ClN6O/c1-17-25-21(26-29(17)20-9-7-18(23)8-10-20)22(30)24-11-12-27-13-15-28(16-14-27)19-5-3-2-4-6-19/h2-10H,11-16H2,1H3,(H,24,30). The molecule has 2 heterocycles. The Kier molecular flexibility index (Phi) is 6.30. The summed E-state index contributed by atoms with van der Waals surface area (Å²) < 4.78 is 1.65. The second kappa shape index (κ2) is 9.28. The molecule has 0 bridgehead atoms. The van der Waals surface area contributed by atoms with Crippen LogP contribution in [0.3, 0.4) is 0 Å². The van der Waals surface area contributed by atoms with Gasteiger partial charge in [0.15, 0.2) is 0 Å². The van der Waals surface area contributed by atoms with Crippen LogP contribution in [-0.4, -0.2) is 64.8 Å².